The van der Waals surface area contributed by atoms with Gasteiger partial charge in [-0.1, -0.05) is 19.6 Å². The quantitative estimate of drug-likeness (QED) is 0.509. The average Bonchev–Trinajstić information content (AvgIpc) is 2.92. The van der Waals surface area contributed by atoms with Crippen LogP contribution in [0.25, 0.3) is 11.2 Å². The zero-order chi connectivity index (χ0) is 19.4. The molecule has 10 heteroatoms. The van der Waals surface area contributed by atoms with Gasteiger partial charge in [-0.2, -0.15) is 13.2 Å². The number of alkyl halides is 3. The van der Waals surface area contributed by atoms with E-state index in [1.165, 1.54) is 0 Å². The maximum absolute atomic E-state index is 12.4. The van der Waals surface area contributed by atoms with Gasteiger partial charge in [0.25, 0.3) is 0 Å². The van der Waals surface area contributed by atoms with Crippen LogP contribution in [0.1, 0.15) is 5.69 Å². The summed E-state index contributed by atoms with van der Waals surface area (Å²) in [5.41, 5.74) is 7.03. The molecule has 6 nitrogen and oxygen atoms in total. The molecule has 1 unspecified atom stereocenters. The number of aromatic nitrogens is 3. The summed E-state index contributed by atoms with van der Waals surface area (Å²) >= 11 is 0. The Balaban J connectivity index is 1.88. The average molecular weight is 389 g/mol. The monoisotopic (exact) mass is 389 g/mol. The molecule has 2 aromatic heterocycles. The molecule has 2 aromatic rings. The minimum Gasteiger partial charge on any atom is -0.361 e. The number of fused-ring (bicyclic) bond motifs is 1. The summed E-state index contributed by atoms with van der Waals surface area (Å²) in [6.45, 7) is 7.84. The molecule has 3 N–H and O–H groups in total. The third-order valence-electron chi connectivity index (χ3n) is 3.86. The SMILES string of the molecule is C[Si](C)(C)CCOCn1cnc2nc(CNCC(N)C(F)(F)F)ccc21. The highest BCUT2D eigenvalue weighted by atomic mass is 28.3. The summed E-state index contributed by atoms with van der Waals surface area (Å²) in [4.78, 5) is 8.59. The molecule has 0 saturated heterocycles. The second kappa shape index (κ2) is 8.46. The van der Waals surface area contributed by atoms with E-state index in [2.05, 4.69) is 34.9 Å². The molecule has 0 amide bonds. The number of halogens is 3. The Bertz CT molecular complexity index is 714. The number of ether oxygens (including phenoxy) is 1. The molecule has 0 fully saturated rings. The molecule has 0 saturated carbocycles. The third kappa shape index (κ3) is 6.34. The van der Waals surface area contributed by atoms with Crippen LogP contribution in [0.2, 0.25) is 25.7 Å². The van der Waals surface area contributed by atoms with Crippen molar-refractivity contribution in [3.8, 4) is 0 Å². The maximum Gasteiger partial charge on any atom is 0.404 e. The molecule has 1 atom stereocenters. The lowest BCUT2D eigenvalue weighted by molar-refractivity contribution is -0.146. The Kier molecular flexibility index (Phi) is 6.78. The van der Waals surface area contributed by atoms with Crippen LogP contribution in [0.3, 0.4) is 0 Å². The van der Waals surface area contributed by atoms with Gasteiger partial charge in [0.15, 0.2) is 5.65 Å². The molecule has 0 bridgehead atoms. The van der Waals surface area contributed by atoms with E-state index in [1.54, 1.807) is 12.4 Å². The van der Waals surface area contributed by atoms with Crippen molar-refractivity contribution in [2.75, 3.05) is 13.2 Å². The van der Waals surface area contributed by atoms with Crippen LogP contribution in [0.15, 0.2) is 18.5 Å². The first kappa shape index (κ1) is 20.8. The van der Waals surface area contributed by atoms with Crippen molar-refractivity contribution in [2.45, 2.75) is 51.2 Å². The predicted molar refractivity (Wildman–Crippen MR) is 97.4 cm³/mol. The van der Waals surface area contributed by atoms with E-state index >= 15 is 0 Å². The highest BCUT2D eigenvalue weighted by Crippen LogP contribution is 2.18. The predicted octanol–water partition coefficient (Wildman–Crippen LogP) is 2.72. The van der Waals surface area contributed by atoms with Crippen molar-refractivity contribution in [1.29, 1.82) is 0 Å². The van der Waals surface area contributed by atoms with Crippen molar-refractivity contribution < 1.29 is 17.9 Å². The van der Waals surface area contributed by atoms with E-state index in [1.807, 2.05) is 10.6 Å². The van der Waals surface area contributed by atoms with Crippen LogP contribution in [-0.2, 0) is 18.0 Å². The molecule has 26 heavy (non-hydrogen) atoms. The van der Waals surface area contributed by atoms with Crippen molar-refractivity contribution in [1.82, 2.24) is 19.9 Å². The van der Waals surface area contributed by atoms with E-state index in [4.69, 9.17) is 10.5 Å². The van der Waals surface area contributed by atoms with Gasteiger partial charge in [-0.05, 0) is 18.2 Å². The second-order valence-corrected chi connectivity index (χ2v) is 13.1. The van der Waals surface area contributed by atoms with Crippen LogP contribution >= 0.6 is 0 Å². The van der Waals surface area contributed by atoms with E-state index in [-0.39, 0.29) is 13.1 Å². The zero-order valence-corrected chi connectivity index (χ0v) is 16.3. The third-order valence-corrected chi connectivity index (χ3v) is 5.56. The first-order valence-electron chi connectivity index (χ1n) is 8.48. The van der Waals surface area contributed by atoms with Gasteiger partial charge in [0.1, 0.15) is 12.8 Å². The van der Waals surface area contributed by atoms with Gasteiger partial charge in [0.05, 0.1) is 17.5 Å². The molecule has 0 radical (unpaired) electrons. The van der Waals surface area contributed by atoms with Gasteiger partial charge in [-0.25, -0.2) is 9.97 Å². The molecule has 0 aromatic carbocycles. The van der Waals surface area contributed by atoms with Crippen LogP contribution in [0.4, 0.5) is 13.2 Å². The second-order valence-electron chi connectivity index (χ2n) is 7.49. The number of hydrogen-bond donors (Lipinski definition) is 2. The summed E-state index contributed by atoms with van der Waals surface area (Å²) in [5.74, 6) is 0. The highest BCUT2D eigenvalue weighted by Gasteiger charge is 2.36. The molecule has 2 rings (SSSR count). The first-order valence-corrected chi connectivity index (χ1v) is 12.2. The van der Waals surface area contributed by atoms with Crippen molar-refractivity contribution in [3.05, 3.63) is 24.2 Å². The lowest BCUT2D eigenvalue weighted by Gasteiger charge is -2.16. The topological polar surface area (TPSA) is 78.0 Å². The van der Waals surface area contributed by atoms with E-state index in [0.29, 0.717) is 24.7 Å². The number of nitrogens with zero attached hydrogens (tertiary/aromatic N) is 3. The Morgan fingerprint density at radius 2 is 2.04 bits per heavy atom. The number of nitrogens with one attached hydrogen (secondary N) is 1. The molecule has 0 aliphatic rings. The molecule has 0 aliphatic carbocycles. The van der Waals surface area contributed by atoms with Crippen LogP contribution < -0.4 is 11.1 Å². The van der Waals surface area contributed by atoms with E-state index in [0.717, 1.165) is 11.6 Å². The molecular weight excluding hydrogens is 363 g/mol. The minimum absolute atomic E-state index is 0.194. The largest absolute Gasteiger partial charge is 0.404 e. The van der Waals surface area contributed by atoms with Gasteiger partial charge in [0, 0.05) is 27.8 Å². The Morgan fingerprint density at radius 1 is 1.31 bits per heavy atom. The Hall–Kier alpha value is -1.49. The molecule has 0 aliphatic heterocycles. The van der Waals surface area contributed by atoms with E-state index in [9.17, 15) is 13.2 Å². The zero-order valence-electron chi connectivity index (χ0n) is 15.3. The maximum atomic E-state index is 12.4. The summed E-state index contributed by atoms with van der Waals surface area (Å²) in [6, 6.07) is 2.80. The van der Waals surface area contributed by atoms with Crippen molar-refractivity contribution >= 4 is 19.2 Å². The van der Waals surface area contributed by atoms with Gasteiger partial charge in [-0.3, -0.25) is 0 Å². The van der Waals surface area contributed by atoms with Crippen molar-refractivity contribution in [3.63, 3.8) is 0 Å². The van der Waals surface area contributed by atoms with Crippen LogP contribution in [-0.4, -0.2) is 48.0 Å². The molecular formula is C16H26F3N5OSi. The van der Waals surface area contributed by atoms with E-state index < -0.39 is 20.3 Å². The number of nitrogens with two attached hydrogens (primary N) is 1. The van der Waals surface area contributed by atoms with Crippen LogP contribution in [0.5, 0.6) is 0 Å². The minimum atomic E-state index is -4.40. The summed E-state index contributed by atoms with van der Waals surface area (Å²) in [6.07, 6.45) is -2.75. The number of hydrogen-bond acceptors (Lipinski definition) is 5. The Morgan fingerprint density at radius 3 is 2.69 bits per heavy atom. The molecule has 2 heterocycles. The number of pyridine rings is 1. The van der Waals surface area contributed by atoms with Crippen molar-refractivity contribution in [2.24, 2.45) is 5.73 Å². The summed E-state index contributed by atoms with van der Waals surface area (Å²) in [7, 11) is -1.12. The fourth-order valence-electron chi connectivity index (χ4n) is 2.20. The number of imidazole rings is 1. The van der Waals surface area contributed by atoms with Gasteiger partial charge < -0.3 is 20.4 Å². The smallest absolute Gasteiger partial charge is 0.361 e. The van der Waals surface area contributed by atoms with Gasteiger partial charge in [0.2, 0.25) is 0 Å². The molecule has 0 spiro atoms. The standard InChI is InChI=1S/C16H26F3N5OSi/c1-26(2,3)7-6-25-11-24-10-22-15-13(24)5-4-12(23-15)8-21-9-14(20)16(17,18)19/h4-5,10,14,21H,6-9,11,20H2,1-3H3. The summed E-state index contributed by atoms with van der Waals surface area (Å²) < 4.78 is 44.7. The lowest BCUT2D eigenvalue weighted by Crippen LogP contribution is -2.45. The first-order chi connectivity index (χ1) is 12.1. The number of rotatable bonds is 9. The fourth-order valence-corrected chi connectivity index (χ4v) is 2.96. The highest BCUT2D eigenvalue weighted by molar-refractivity contribution is 6.76. The Labute approximate surface area is 152 Å². The lowest BCUT2D eigenvalue weighted by atomic mass is 10.3. The van der Waals surface area contributed by atoms with Gasteiger partial charge >= 0.3 is 6.18 Å². The van der Waals surface area contributed by atoms with Gasteiger partial charge in [-0.15, -0.1) is 0 Å². The van der Waals surface area contributed by atoms with Crippen LogP contribution in [0, 0.1) is 0 Å². The summed E-state index contributed by atoms with van der Waals surface area (Å²) in [5, 5.41) is 2.67. The fraction of sp³-hybridized carbons (Fsp3) is 0.625. The normalized spacial score (nSPS) is 14.1. The molecule has 146 valence electrons.